The van der Waals surface area contributed by atoms with Crippen molar-refractivity contribution in [3.8, 4) is 16.3 Å². The Morgan fingerprint density at radius 2 is 1.96 bits per heavy atom. The lowest BCUT2D eigenvalue weighted by molar-refractivity contribution is -0.144. The quantitative estimate of drug-likeness (QED) is 0.793. The van der Waals surface area contributed by atoms with Gasteiger partial charge in [0.2, 0.25) is 5.91 Å². The Kier molecular flexibility index (Phi) is 6.31. The van der Waals surface area contributed by atoms with Crippen molar-refractivity contribution >= 4 is 23.2 Å². The summed E-state index contributed by atoms with van der Waals surface area (Å²) in [5.41, 5.74) is 1.61. The van der Waals surface area contributed by atoms with Crippen LogP contribution < -0.4 is 4.74 Å². The maximum absolute atomic E-state index is 12.2. The van der Waals surface area contributed by atoms with Gasteiger partial charge in [-0.15, -0.1) is 11.3 Å². The summed E-state index contributed by atoms with van der Waals surface area (Å²) in [7, 11) is 0. The summed E-state index contributed by atoms with van der Waals surface area (Å²) in [5.74, 6) is -0.442. The van der Waals surface area contributed by atoms with Crippen LogP contribution in [0.2, 0.25) is 0 Å². The van der Waals surface area contributed by atoms with Gasteiger partial charge in [-0.3, -0.25) is 9.59 Å². The van der Waals surface area contributed by atoms with E-state index in [9.17, 15) is 9.59 Å². The molecule has 0 saturated carbocycles. The van der Waals surface area contributed by atoms with E-state index in [1.165, 1.54) is 16.2 Å². The van der Waals surface area contributed by atoms with Crippen LogP contribution in [0, 0.1) is 0 Å². The molecule has 24 heavy (non-hydrogen) atoms. The van der Waals surface area contributed by atoms with Crippen LogP contribution in [0.25, 0.3) is 10.6 Å². The minimum Gasteiger partial charge on any atom is -0.494 e. The van der Waals surface area contributed by atoms with Gasteiger partial charge in [0.25, 0.3) is 0 Å². The lowest BCUT2D eigenvalue weighted by Crippen LogP contribution is -2.36. The maximum atomic E-state index is 12.2. The van der Waals surface area contributed by atoms with E-state index in [1.54, 1.807) is 6.92 Å². The number of carboxylic acids is 1. The molecule has 7 heteroatoms. The predicted octanol–water partition coefficient (Wildman–Crippen LogP) is 2.68. The monoisotopic (exact) mass is 348 g/mol. The number of carbonyl (C=O) groups is 2. The van der Waals surface area contributed by atoms with E-state index in [0.29, 0.717) is 18.8 Å². The number of aromatic nitrogens is 1. The highest BCUT2D eigenvalue weighted by Gasteiger charge is 2.17. The van der Waals surface area contributed by atoms with Crippen molar-refractivity contribution in [2.45, 2.75) is 20.3 Å². The highest BCUT2D eigenvalue weighted by molar-refractivity contribution is 7.13. The smallest absolute Gasteiger partial charge is 0.323 e. The Labute approximate surface area is 144 Å². The van der Waals surface area contributed by atoms with Crippen LogP contribution in [0.15, 0.2) is 29.6 Å². The molecule has 0 aliphatic rings. The van der Waals surface area contributed by atoms with Crippen LogP contribution in [-0.2, 0) is 16.0 Å². The second kappa shape index (κ2) is 8.44. The largest absolute Gasteiger partial charge is 0.494 e. The molecule has 0 fully saturated rings. The molecule has 1 heterocycles. The van der Waals surface area contributed by atoms with Crippen LogP contribution in [0.1, 0.15) is 19.5 Å². The van der Waals surface area contributed by atoms with E-state index >= 15 is 0 Å². The molecular weight excluding hydrogens is 328 g/mol. The molecule has 0 spiro atoms. The SMILES string of the molecule is CCOc1ccc(-c2nc(CC(=O)N(CC)CC(=O)O)cs2)cc1. The number of carbonyl (C=O) groups excluding carboxylic acids is 1. The zero-order valence-corrected chi connectivity index (χ0v) is 14.5. The third-order valence-electron chi connectivity index (χ3n) is 3.36. The summed E-state index contributed by atoms with van der Waals surface area (Å²) in [6, 6.07) is 7.63. The first-order valence-electron chi connectivity index (χ1n) is 7.70. The molecule has 128 valence electrons. The number of amides is 1. The average Bonchev–Trinajstić information content (AvgIpc) is 3.01. The molecule has 0 radical (unpaired) electrons. The van der Waals surface area contributed by atoms with Crippen LogP contribution in [0.4, 0.5) is 0 Å². The van der Waals surface area contributed by atoms with Crippen molar-refractivity contribution in [1.29, 1.82) is 0 Å². The van der Waals surface area contributed by atoms with Crippen LogP contribution in [0.3, 0.4) is 0 Å². The highest BCUT2D eigenvalue weighted by atomic mass is 32.1. The first-order valence-corrected chi connectivity index (χ1v) is 8.58. The molecule has 1 aromatic heterocycles. The first kappa shape index (κ1) is 17.9. The molecule has 6 nitrogen and oxygen atoms in total. The maximum Gasteiger partial charge on any atom is 0.323 e. The lowest BCUT2D eigenvalue weighted by atomic mass is 10.2. The summed E-state index contributed by atoms with van der Waals surface area (Å²) in [6.07, 6.45) is 0.106. The number of ether oxygens (including phenoxy) is 1. The molecule has 1 aromatic carbocycles. The Morgan fingerprint density at radius 1 is 1.25 bits per heavy atom. The van der Waals surface area contributed by atoms with E-state index in [4.69, 9.17) is 9.84 Å². The molecule has 0 bridgehead atoms. The standard InChI is InChI=1S/C17H20N2O4S/c1-3-19(10-16(21)22)15(20)9-13-11-24-17(18-13)12-5-7-14(8-6-12)23-4-2/h5-8,11H,3-4,9-10H2,1-2H3,(H,21,22). The van der Waals surface area contributed by atoms with Crippen LogP contribution >= 0.6 is 11.3 Å². The third-order valence-corrected chi connectivity index (χ3v) is 4.30. The van der Waals surface area contributed by atoms with E-state index in [0.717, 1.165) is 16.3 Å². The fourth-order valence-corrected chi connectivity index (χ4v) is 3.01. The second-order valence-corrected chi connectivity index (χ2v) is 5.94. The van der Waals surface area contributed by atoms with Crippen molar-refractivity contribution in [2.24, 2.45) is 0 Å². The van der Waals surface area contributed by atoms with Gasteiger partial charge in [-0.05, 0) is 38.1 Å². The van der Waals surface area contributed by atoms with Crippen molar-refractivity contribution in [2.75, 3.05) is 19.7 Å². The molecule has 0 aliphatic heterocycles. The van der Waals surface area contributed by atoms with Crippen LogP contribution in [0.5, 0.6) is 5.75 Å². The topological polar surface area (TPSA) is 79.7 Å². The Morgan fingerprint density at radius 3 is 2.54 bits per heavy atom. The third kappa shape index (κ3) is 4.79. The molecule has 1 N–H and O–H groups in total. The normalized spacial score (nSPS) is 10.4. The molecule has 1 amide bonds. The summed E-state index contributed by atoms with van der Waals surface area (Å²) < 4.78 is 5.41. The molecule has 0 unspecified atom stereocenters. The summed E-state index contributed by atoms with van der Waals surface area (Å²) in [5, 5.41) is 11.5. The van der Waals surface area contributed by atoms with E-state index in [1.807, 2.05) is 36.6 Å². The molecule has 0 aliphatic carbocycles. The number of rotatable bonds is 8. The first-order chi connectivity index (χ1) is 11.5. The Bertz CT molecular complexity index is 697. The molecular formula is C17H20N2O4S. The Hall–Kier alpha value is -2.41. The number of benzene rings is 1. The van der Waals surface area contributed by atoms with Gasteiger partial charge in [-0.2, -0.15) is 0 Å². The predicted molar refractivity (Wildman–Crippen MR) is 92.3 cm³/mol. The van der Waals surface area contributed by atoms with Crippen molar-refractivity contribution in [3.05, 3.63) is 35.3 Å². The van der Waals surface area contributed by atoms with Gasteiger partial charge >= 0.3 is 5.97 Å². The lowest BCUT2D eigenvalue weighted by Gasteiger charge is -2.17. The van der Waals surface area contributed by atoms with Crippen LogP contribution in [-0.4, -0.2) is 46.6 Å². The van der Waals surface area contributed by atoms with Gasteiger partial charge in [0.1, 0.15) is 17.3 Å². The number of likely N-dealkylation sites (N-methyl/N-ethyl adjacent to an activating group) is 1. The number of nitrogens with zero attached hydrogens (tertiary/aromatic N) is 2. The Balaban J connectivity index is 2.04. The molecule has 0 atom stereocenters. The molecule has 0 saturated heterocycles. The van der Waals surface area contributed by atoms with Gasteiger partial charge in [-0.25, -0.2) is 4.98 Å². The van der Waals surface area contributed by atoms with E-state index < -0.39 is 5.97 Å². The van der Waals surface area contributed by atoms with E-state index in [2.05, 4.69) is 4.98 Å². The number of carboxylic acid groups (broad SMARTS) is 1. The van der Waals surface area contributed by atoms with Crippen molar-refractivity contribution < 1.29 is 19.4 Å². The minimum absolute atomic E-state index is 0.106. The summed E-state index contributed by atoms with van der Waals surface area (Å²) in [6.45, 7) is 4.38. The number of hydrogen-bond donors (Lipinski definition) is 1. The average molecular weight is 348 g/mol. The number of hydrogen-bond acceptors (Lipinski definition) is 5. The van der Waals surface area contributed by atoms with Gasteiger partial charge in [-0.1, -0.05) is 0 Å². The summed E-state index contributed by atoms with van der Waals surface area (Å²) >= 11 is 1.46. The second-order valence-electron chi connectivity index (χ2n) is 5.08. The highest BCUT2D eigenvalue weighted by Crippen LogP contribution is 2.26. The van der Waals surface area contributed by atoms with Gasteiger partial charge < -0.3 is 14.7 Å². The van der Waals surface area contributed by atoms with Gasteiger partial charge in [0.05, 0.1) is 18.7 Å². The summed E-state index contributed by atoms with van der Waals surface area (Å²) in [4.78, 5) is 28.7. The zero-order valence-electron chi connectivity index (χ0n) is 13.7. The van der Waals surface area contributed by atoms with E-state index in [-0.39, 0.29) is 18.9 Å². The van der Waals surface area contributed by atoms with Crippen molar-refractivity contribution in [3.63, 3.8) is 0 Å². The fourth-order valence-electron chi connectivity index (χ4n) is 2.19. The fraction of sp³-hybridized carbons (Fsp3) is 0.353. The molecule has 2 rings (SSSR count). The number of aliphatic carboxylic acids is 1. The minimum atomic E-state index is -1.02. The zero-order chi connectivity index (χ0) is 17.5. The molecule has 2 aromatic rings. The van der Waals surface area contributed by atoms with Gasteiger partial charge in [0.15, 0.2) is 0 Å². The van der Waals surface area contributed by atoms with Crippen molar-refractivity contribution in [1.82, 2.24) is 9.88 Å². The van der Waals surface area contributed by atoms with Gasteiger partial charge in [0, 0.05) is 17.5 Å². The number of thiazole rings is 1.